The SMILES string of the molecule is C[N+](C)(C)C[C@H](CC(=O)O)O[As](=O)(O)O. The van der Waals surface area contributed by atoms with Gasteiger partial charge in [-0.25, -0.2) is 0 Å². The van der Waals surface area contributed by atoms with Gasteiger partial charge in [0.1, 0.15) is 0 Å². The van der Waals surface area contributed by atoms with Gasteiger partial charge in [0, 0.05) is 0 Å². The van der Waals surface area contributed by atoms with Crippen molar-refractivity contribution in [3.63, 3.8) is 0 Å². The molecule has 0 aromatic heterocycles. The van der Waals surface area contributed by atoms with Crippen molar-refractivity contribution < 1.29 is 30.0 Å². The molecule has 0 fully saturated rings. The molecule has 0 unspecified atom stereocenters. The van der Waals surface area contributed by atoms with Gasteiger partial charge >= 0.3 is 90.7 Å². The molecule has 3 N–H and O–H groups in total. The van der Waals surface area contributed by atoms with Crippen LogP contribution in [-0.2, 0) is 12.3 Å². The Labute approximate surface area is 91.2 Å². The van der Waals surface area contributed by atoms with E-state index in [0.29, 0.717) is 4.48 Å². The predicted molar refractivity (Wildman–Crippen MR) is 50.9 cm³/mol. The fraction of sp³-hybridized carbons (Fsp3) is 0.857. The molecular formula is C7H17AsNO6+. The first-order valence-electron chi connectivity index (χ1n) is 4.26. The molecule has 0 saturated carbocycles. The van der Waals surface area contributed by atoms with Crippen LogP contribution in [0.25, 0.3) is 0 Å². The summed E-state index contributed by atoms with van der Waals surface area (Å²) in [6.07, 6.45) is -1.38. The number of carbonyl (C=O) groups is 1. The molecule has 0 aliphatic heterocycles. The Hall–Kier alpha value is -0.332. The van der Waals surface area contributed by atoms with Crippen molar-refractivity contribution >= 4 is 20.5 Å². The van der Waals surface area contributed by atoms with Gasteiger partial charge in [0.05, 0.1) is 0 Å². The zero-order valence-electron chi connectivity index (χ0n) is 8.95. The minimum atomic E-state index is -5.23. The van der Waals surface area contributed by atoms with Gasteiger partial charge in [0.2, 0.25) is 0 Å². The van der Waals surface area contributed by atoms with Crippen molar-refractivity contribution in [3.8, 4) is 0 Å². The molecule has 0 saturated heterocycles. The van der Waals surface area contributed by atoms with Gasteiger partial charge in [-0.05, 0) is 0 Å². The standard InChI is InChI=1S/C7H16AsNO6/c1-9(2,3)5-6(4-7(10)11)15-8(12,13)14/h6H,4-5H2,1-3H3,(H2-,10,11,12,13,14)/p+1/t6-/m0/s1. The molecule has 90 valence electrons. The van der Waals surface area contributed by atoms with Crippen LogP contribution in [0.2, 0.25) is 0 Å². The van der Waals surface area contributed by atoms with Crippen molar-refractivity contribution in [1.82, 2.24) is 0 Å². The Bertz CT molecular complexity index is 267. The van der Waals surface area contributed by atoms with Crippen LogP contribution in [0.15, 0.2) is 0 Å². The molecule has 0 aliphatic carbocycles. The molecule has 0 heterocycles. The molecule has 8 heteroatoms. The third-order valence-corrected chi connectivity index (χ3v) is 2.64. The average Bonchev–Trinajstić information content (AvgIpc) is 1.73. The van der Waals surface area contributed by atoms with E-state index in [1.165, 1.54) is 0 Å². The first-order chi connectivity index (χ1) is 6.49. The van der Waals surface area contributed by atoms with E-state index in [2.05, 4.69) is 3.73 Å². The van der Waals surface area contributed by atoms with Crippen LogP contribution in [0.1, 0.15) is 6.42 Å². The Morgan fingerprint density at radius 3 is 2.13 bits per heavy atom. The van der Waals surface area contributed by atoms with E-state index in [4.69, 9.17) is 13.3 Å². The number of carboxylic acid groups (broad SMARTS) is 1. The van der Waals surface area contributed by atoms with Crippen molar-refractivity contribution in [2.45, 2.75) is 12.5 Å². The van der Waals surface area contributed by atoms with Crippen LogP contribution < -0.4 is 0 Å². The minimum absolute atomic E-state index is 0.221. The van der Waals surface area contributed by atoms with Gasteiger partial charge in [-0.15, -0.1) is 0 Å². The monoisotopic (exact) mass is 286 g/mol. The van der Waals surface area contributed by atoms with Crippen LogP contribution in [0.4, 0.5) is 0 Å². The molecule has 7 nitrogen and oxygen atoms in total. The summed E-state index contributed by atoms with van der Waals surface area (Å²) in [5.41, 5.74) is 0. The maximum absolute atomic E-state index is 10.6. The summed E-state index contributed by atoms with van der Waals surface area (Å²) >= 11 is -5.23. The molecule has 0 bridgehead atoms. The van der Waals surface area contributed by atoms with Crippen molar-refractivity contribution in [3.05, 3.63) is 0 Å². The van der Waals surface area contributed by atoms with E-state index in [1.54, 1.807) is 21.1 Å². The number of hydrogen-bond donors (Lipinski definition) is 3. The van der Waals surface area contributed by atoms with E-state index in [1.807, 2.05) is 0 Å². The number of likely N-dealkylation sites (N-methyl/N-ethyl adjacent to an activating group) is 1. The van der Waals surface area contributed by atoms with Gasteiger partial charge in [-0.2, -0.15) is 0 Å². The van der Waals surface area contributed by atoms with Crippen LogP contribution in [0.5, 0.6) is 0 Å². The first-order valence-corrected chi connectivity index (χ1v) is 7.47. The summed E-state index contributed by atoms with van der Waals surface area (Å²) in [4.78, 5) is 10.4. The number of hydrogen-bond acceptors (Lipinski definition) is 3. The fourth-order valence-electron chi connectivity index (χ4n) is 1.14. The topological polar surface area (TPSA) is 104 Å². The van der Waals surface area contributed by atoms with Crippen LogP contribution in [0, 0.1) is 0 Å². The maximum atomic E-state index is 10.6. The Balaban J connectivity index is 4.45. The number of carboxylic acids is 1. The average molecular weight is 286 g/mol. The third kappa shape index (κ3) is 9.96. The Morgan fingerprint density at radius 1 is 1.40 bits per heavy atom. The number of quaternary nitrogens is 1. The fourth-order valence-corrected chi connectivity index (χ4v) is 2.25. The number of nitrogens with zero attached hydrogens (tertiary/aromatic N) is 1. The summed E-state index contributed by atoms with van der Waals surface area (Å²) in [5.74, 6) is -1.14. The summed E-state index contributed by atoms with van der Waals surface area (Å²) in [6.45, 7) is 0.221. The van der Waals surface area contributed by atoms with Gasteiger partial charge in [0.25, 0.3) is 0 Å². The summed E-state index contributed by atoms with van der Waals surface area (Å²) in [7, 11) is 5.35. The molecule has 0 aromatic rings. The van der Waals surface area contributed by atoms with Crippen LogP contribution >= 0.6 is 0 Å². The first kappa shape index (κ1) is 14.7. The second kappa shape index (κ2) is 5.14. The second-order valence-corrected chi connectivity index (χ2v) is 6.79. The Kier molecular flexibility index (Phi) is 5.02. The molecular weight excluding hydrogens is 269 g/mol. The predicted octanol–water partition coefficient (Wildman–Crippen LogP) is -1.60. The quantitative estimate of drug-likeness (QED) is 0.401. The van der Waals surface area contributed by atoms with Crippen molar-refractivity contribution in [2.24, 2.45) is 0 Å². The molecule has 1 atom stereocenters. The van der Waals surface area contributed by atoms with E-state index in [-0.39, 0.29) is 6.54 Å². The molecule has 15 heavy (non-hydrogen) atoms. The number of aliphatic carboxylic acids is 1. The van der Waals surface area contributed by atoms with Crippen molar-refractivity contribution in [2.75, 3.05) is 27.7 Å². The Morgan fingerprint density at radius 2 is 1.87 bits per heavy atom. The molecule has 0 spiro atoms. The van der Waals surface area contributed by atoms with E-state index in [9.17, 15) is 8.53 Å². The normalized spacial score (nSPS) is 15.0. The summed E-state index contributed by atoms with van der Waals surface area (Å²) in [5, 5.41) is 8.54. The molecule has 0 aliphatic rings. The van der Waals surface area contributed by atoms with E-state index in [0.717, 1.165) is 0 Å². The summed E-state index contributed by atoms with van der Waals surface area (Å²) in [6, 6.07) is 0. The molecule has 0 aromatic carbocycles. The van der Waals surface area contributed by atoms with E-state index < -0.39 is 33.0 Å². The second-order valence-electron chi connectivity index (χ2n) is 4.29. The zero-order chi connectivity index (χ0) is 12.3. The van der Waals surface area contributed by atoms with Crippen LogP contribution in [-0.4, -0.2) is 72.1 Å². The molecule has 0 rings (SSSR count). The van der Waals surface area contributed by atoms with Gasteiger partial charge < -0.3 is 0 Å². The summed E-state index contributed by atoms with van der Waals surface area (Å²) < 4.78 is 32.8. The van der Waals surface area contributed by atoms with E-state index >= 15 is 0 Å². The van der Waals surface area contributed by atoms with Gasteiger partial charge in [-0.3, -0.25) is 0 Å². The van der Waals surface area contributed by atoms with Crippen molar-refractivity contribution in [1.29, 1.82) is 0 Å². The van der Waals surface area contributed by atoms with Gasteiger partial charge in [-0.1, -0.05) is 0 Å². The molecule has 0 amide bonds. The molecule has 0 radical (unpaired) electrons. The number of rotatable bonds is 6. The zero-order valence-corrected chi connectivity index (χ0v) is 10.8. The third-order valence-electron chi connectivity index (χ3n) is 1.44. The van der Waals surface area contributed by atoms with Crippen LogP contribution in [0.3, 0.4) is 0 Å². The van der Waals surface area contributed by atoms with Gasteiger partial charge in [0.15, 0.2) is 0 Å².